The lowest BCUT2D eigenvalue weighted by Gasteiger charge is -2.30. The first kappa shape index (κ1) is 24.1. The van der Waals surface area contributed by atoms with Crippen molar-refractivity contribution in [2.24, 2.45) is 0 Å². The standard InChI is InChI=1S/C24H24Cl2N2O3S/c1-16-9-11-19(12-10-16)23(18-7-5-4-6-8-18)27-24(29)17(2)28(32(3,30)31)22-15-20(25)13-14-21(22)26/h4-15,17,23H,1-3H3,(H,27,29)/t17-,23+/m0/s1. The second-order valence-corrected chi connectivity index (χ2v) is 10.3. The Balaban J connectivity index is 1.98. The largest absolute Gasteiger partial charge is 0.343 e. The van der Waals surface area contributed by atoms with Gasteiger partial charge in [-0.1, -0.05) is 83.4 Å². The van der Waals surface area contributed by atoms with Crippen LogP contribution in [0.1, 0.15) is 29.7 Å². The van der Waals surface area contributed by atoms with E-state index < -0.39 is 28.0 Å². The van der Waals surface area contributed by atoms with Crippen LogP contribution in [0, 0.1) is 6.92 Å². The summed E-state index contributed by atoms with van der Waals surface area (Å²) in [4.78, 5) is 13.3. The van der Waals surface area contributed by atoms with Gasteiger partial charge in [0.25, 0.3) is 0 Å². The molecule has 8 heteroatoms. The van der Waals surface area contributed by atoms with Crippen molar-refractivity contribution >= 4 is 44.8 Å². The van der Waals surface area contributed by atoms with E-state index in [2.05, 4.69) is 5.32 Å². The Morgan fingerprint density at radius 1 is 0.938 bits per heavy atom. The van der Waals surface area contributed by atoms with Crippen LogP contribution in [0.15, 0.2) is 72.8 Å². The molecule has 168 valence electrons. The number of rotatable bonds is 7. The predicted molar refractivity (Wildman–Crippen MR) is 131 cm³/mol. The summed E-state index contributed by atoms with van der Waals surface area (Å²) in [7, 11) is -3.84. The fourth-order valence-electron chi connectivity index (χ4n) is 3.46. The number of carbonyl (C=O) groups excluding carboxylic acids is 1. The summed E-state index contributed by atoms with van der Waals surface area (Å²) in [6.45, 7) is 3.51. The number of sulfonamides is 1. The quantitative estimate of drug-likeness (QED) is 0.484. The molecule has 2 atom stereocenters. The van der Waals surface area contributed by atoms with Gasteiger partial charge in [0.15, 0.2) is 0 Å². The first-order chi connectivity index (χ1) is 15.1. The van der Waals surface area contributed by atoms with Crippen LogP contribution in [0.25, 0.3) is 0 Å². The van der Waals surface area contributed by atoms with Gasteiger partial charge >= 0.3 is 0 Å². The molecule has 1 N–H and O–H groups in total. The number of amides is 1. The van der Waals surface area contributed by atoms with Crippen molar-refractivity contribution in [1.82, 2.24) is 5.32 Å². The van der Waals surface area contributed by atoms with Gasteiger partial charge in [-0.2, -0.15) is 0 Å². The number of aryl methyl sites for hydroxylation is 1. The van der Waals surface area contributed by atoms with Crippen LogP contribution in [0.3, 0.4) is 0 Å². The third kappa shape index (κ3) is 5.63. The fourth-order valence-corrected chi connectivity index (χ4v) is 5.07. The number of anilines is 1. The van der Waals surface area contributed by atoms with E-state index in [1.165, 1.54) is 19.1 Å². The molecule has 0 saturated carbocycles. The van der Waals surface area contributed by atoms with Crippen molar-refractivity contribution in [2.75, 3.05) is 10.6 Å². The molecular weight excluding hydrogens is 467 g/mol. The molecule has 3 rings (SSSR count). The lowest BCUT2D eigenvalue weighted by molar-refractivity contribution is -0.122. The highest BCUT2D eigenvalue weighted by molar-refractivity contribution is 7.92. The molecule has 0 aliphatic rings. The van der Waals surface area contributed by atoms with E-state index in [0.29, 0.717) is 5.02 Å². The van der Waals surface area contributed by atoms with Crippen LogP contribution in [0.4, 0.5) is 5.69 Å². The Labute approximate surface area is 199 Å². The van der Waals surface area contributed by atoms with Gasteiger partial charge in [0, 0.05) is 5.02 Å². The van der Waals surface area contributed by atoms with Crippen molar-refractivity contribution in [3.8, 4) is 0 Å². The highest BCUT2D eigenvalue weighted by Gasteiger charge is 2.32. The van der Waals surface area contributed by atoms with Crippen molar-refractivity contribution in [3.63, 3.8) is 0 Å². The summed E-state index contributed by atoms with van der Waals surface area (Å²) in [5.74, 6) is -0.471. The molecule has 0 fully saturated rings. The number of hydrogen-bond acceptors (Lipinski definition) is 3. The number of halogens is 2. The first-order valence-corrected chi connectivity index (χ1v) is 12.5. The number of nitrogens with zero attached hydrogens (tertiary/aromatic N) is 1. The highest BCUT2D eigenvalue weighted by Crippen LogP contribution is 2.32. The molecular formula is C24H24Cl2N2O3S. The SMILES string of the molecule is Cc1ccc([C@H](NC(=O)[C@H](C)N(c2cc(Cl)ccc2Cl)S(C)(=O)=O)c2ccccc2)cc1. The Morgan fingerprint density at radius 3 is 2.12 bits per heavy atom. The van der Waals surface area contributed by atoms with Crippen LogP contribution in [0.5, 0.6) is 0 Å². The van der Waals surface area contributed by atoms with Gasteiger partial charge in [-0.25, -0.2) is 8.42 Å². The molecule has 0 heterocycles. The molecule has 32 heavy (non-hydrogen) atoms. The van der Waals surface area contributed by atoms with Gasteiger partial charge in [-0.15, -0.1) is 0 Å². The minimum absolute atomic E-state index is 0.149. The number of hydrogen-bond donors (Lipinski definition) is 1. The maximum Gasteiger partial charge on any atom is 0.244 e. The van der Waals surface area contributed by atoms with Gasteiger partial charge < -0.3 is 5.32 Å². The van der Waals surface area contributed by atoms with E-state index in [9.17, 15) is 13.2 Å². The van der Waals surface area contributed by atoms with E-state index in [1.54, 1.807) is 6.07 Å². The van der Waals surface area contributed by atoms with E-state index in [4.69, 9.17) is 23.2 Å². The van der Waals surface area contributed by atoms with Crippen molar-refractivity contribution in [3.05, 3.63) is 99.5 Å². The molecule has 3 aromatic rings. The minimum atomic E-state index is -3.84. The third-order valence-corrected chi connectivity index (χ3v) is 6.85. The van der Waals surface area contributed by atoms with Crippen LogP contribution in [0.2, 0.25) is 10.0 Å². The van der Waals surface area contributed by atoms with Crippen LogP contribution >= 0.6 is 23.2 Å². The molecule has 1 amide bonds. The van der Waals surface area contributed by atoms with Gasteiger partial charge in [0.05, 0.1) is 23.0 Å². The summed E-state index contributed by atoms with van der Waals surface area (Å²) in [6, 6.07) is 20.3. The number of benzene rings is 3. The Morgan fingerprint density at radius 2 is 1.53 bits per heavy atom. The second-order valence-electron chi connectivity index (χ2n) is 7.59. The molecule has 0 aromatic heterocycles. The Kier molecular flexibility index (Phi) is 7.49. The molecule has 0 bridgehead atoms. The summed E-state index contributed by atoms with van der Waals surface area (Å²) in [5.41, 5.74) is 3.01. The lowest BCUT2D eigenvalue weighted by Crippen LogP contribution is -2.49. The van der Waals surface area contributed by atoms with Crippen molar-refractivity contribution < 1.29 is 13.2 Å². The molecule has 0 radical (unpaired) electrons. The summed E-state index contributed by atoms with van der Waals surface area (Å²) in [5, 5.41) is 3.49. The predicted octanol–water partition coefficient (Wildman–Crippen LogP) is 5.36. The van der Waals surface area contributed by atoms with E-state index >= 15 is 0 Å². The highest BCUT2D eigenvalue weighted by atomic mass is 35.5. The van der Waals surface area contributed by atoms with E-state index in [1.807, 2.05) is 61.5 Å². The molecule has 3 aromatic carbocycles. The zero-order valence-corrected chi connectivity index (χ0v) is 20.2. The van der Waals surface area contributed by atoms with Gasteiger partial charge in [-0.05, 0) is 43.2 Å². The molecule has 5 nitrogen and oxygen atoms in total. The number of nitrogens with one attached hydrogen (secondary N) is 1. The molecule has 0 aliphatic heterocycles. The molecule has 0 saturated heterocycles. The van der Waals surface area contributed by atoms with Crippen LogP contribution in [-0.2, 0) is 14.8 Å². The zero-order valence-electron chi connectivity index (χ0n) is 17.9. The average molecular weight is 491 g/mol. The van der Waals surface area contributed by atoms with Crippen molar-refractivity contribution in [1.29, 1.82) is 0 Å². The molecule has 0 aliphatic carbocycles. The van der Waals surface area contributed by atoms with E-state index in [0.717, 1.165) is 27.3 Å². The summed E-state index contributed by atoms with van der Waals surface area (Å²) in [6.07, 6.45) is 1.03. The average Bonchev–Trinajstić information content (AvgIpc) is 2.75. The third-order valence-electron chi connectivity index (χ3n) is 5.06. The zero-order chi connectivity index (χ0) is 23.5. The summed E-state index contributed by atoms with van der Waals surface area (Å²) < 4.78 is 26.3. The Bertz CT molecular complexity index is 1200. The van der Waals surface area contributed by atoms with Gasteiger partial charge in [-0.3, -0.25) is 9.10 Å². The molecule has 0 spiro atoms. The first-order valence-electron chi connectivity index (χ1n) is 9.94. The monoisotopic (exact) mass is 490 g/mol. The Hall–Kier alpha value is -2.54. The van der Waals surface area contributed by atoms with E-state index in [-0.39, 0.29) is 10.7 Å². The topological polar surface area (TPSA) is 66.5 Å². The summed E-state index contributed by atoms with van der Waals surface area (Å²) >= 11 is 12.3. The smallest absolute Gasteiger partial charge is 0.244 e. The lowest BCUT2D eigenvalue weighted by atomic mass is 9.97. The maximum atomic E-state index is 13.3. The fraction of sp³-hybridized carbons (Fsp3) is 0.208. The molecule has 0 unspecified atom stereocenters. The minimum Gasteiger partial charge on any atom is -0.343 e. The maximum absolute atomic E-state index is 13.3. The number of carbonyl (C=O) groups is 1. The normalized spacial score (nSPS) is 13.3. The van der Waals surface area contributed by atoms with Crippen LogP contribution in [-0.4, -0.2) is 26.6 Å². The van der Waals surface area contributed by atoms with Gasteiger partial charge in [0.2, 0.25) is 15.9 Å². The van der Waals surface area contributed by atoms with Gasteiger partial charge in [0.1, 0.15) is 6.04 Å². The second kappa shape index (κ2) is 9.94. The van der Waals surface area contributed by atoms with Crippen molar-refractivity contribution in [2.45, 2.75) is 25.9 Å². The van der Waals surface area contributed by atoms with Crippen LogP contribution < -0.4 is 9.62 Å².